The summed E-state index contributed by atoms with van der Waals surface area (Å²) in [5.74, 6) is -1.46. The van der Waals surface area contributed by atoms with Crippen molar-refractivity contribution in [3.63, 3.8) is 0 Å². The summed E-state index contributed by atoms with van der Waals surface area (Å²) in [4.78, 5) is 22.0. The van der Waals surface area contributed by atoms with Crippen molar-refractivity contribution in [2.24, 2.45) is 10.3 Å². The number of aryl methyl sites for hydroxylation is 1. The Labute approximate surface area is 157 Å². The fourth-order valence-corrected chi connectivity index (χ4v) is 2.45. The Morgan fingerprint density at radius 2 is 1.85 bits per heavy atom. The van der Waals surface area contributed by atoms with Crippen molar-refractivity contribution in [2.45, 2.75) is 20.5 Å². The first-order valence-electron chi connectivity index (χ1n) is 8.18. The molecule has 0 fully saturated rings. The van der Waals surface area contributed by atoms with Crippen molar-refractivity contribution in [3.8, 4) is 0 Å². The van der Waals surface area contributed by atoms with Crippen molar-refractivity contribution in [3.05, 3.63) is 70.5 Å². The summed E-state index contributed by atoms with van der Waals surface area (Å²) in [6.45, 7) is 3.74. The second kappa shape index (κ2) is 9.47. The SMILES string of the molecule is CON=C(C(=O)OC)c1c(F)cccc1CON=C(C)c1cccc(C)c1. The van der Waals surface area contributed by atoms with Gasteiger partial charge in [0.1, 0.15) is 19.5 Å². The Bertz CT molecular complexity index is 878. The number of halogens is 1. The Morgan fingerprint density at radius 3 is 2.52 bits per heavy atom. The average Bonchev–Trinajstić information content (AvgIpc) is 2.66. The number of carbonyl (C=O) groups excluding carboxylic acids is 1. The van der Waals surface area contributed by atoms with Gasteiger partial charge in [0, 0.05) is 5.56 Å². The van der Waals surface area contributed by atoms with Crippen LogP contribution in [-0.4, -0.2) is 31.6 Å². The number of esters is 1. The minimum absolute atomic E-state index is 0.0467. The van der Waals surface area contributed by atoms with Gasteiger partial charge in [-0.3, -0.25) is 0 Å². The lowest BCUT2D eigenvalue weighted by Gasteiger charge is -2.11. The molecule has 0 aromatic heterocycles. The molecule has 6 nitrogen and oxygen atoms in total. The van der Waals surface area contributed by atoms with E-state index in [1.165, 1.54) is 26.4 Å². The van der Waals surface area contributed by atoms with E-state index in [4.69, 9.17) is 4.84 Å². The van der Waals surface area contributed by atoms with E-state index in [1.807, 2.05) is 38.1 Å². The maximum absolute atomic E-state index is 14.4. The quantitative estimate of drug-likeness (QED) is 0.423. The summed E-state index contributed by atoms with van der Waals surface area (Å²) in [7, 11) is 2.44. The van der Waals surface area contributed by atoms with E-state index < -0.39 is 11.8 Å². The third-order valence-corrected chi connectivity index (χ3v) is 3.76. The molecule has 0 aliphatic heterocycles. The topological polar surface area (TPSA) is 69.5 Å². The van der Waals surface area contributed by atoms with Crippen LogP contribution < -0.4 is 0 Å². The highest BCUT2D eigenvalue weighted by Gasteiger charge is 2.23. The number of oxime groups is 2. The highest BCUT2D eigenvalue weighted by atomic mass is 19.1. The van der Waals surface area contributed by atoms with E-state index in [0.29, 0.717) is 11.3 Å². The van der Waals surface area contributed by atoms with Gasteiger partial charge in [-0.15, -0.1) is 0 Å². The fraction of sp³-hybridized carbons (Fsp3) is 0.250. The molecule has 0 radical (unpaired) electrons. The molecule has 0 saturated heterocycles. The summed E-state index contributed by atoms with van der Waals surface area (Å²) in [5, 5.41) is 7.68. The second-order valence-corrected chi connectivity index (χ2v) is 5.71. The molecule has 27 heavy (non-hydrogen) atoms. The number of rotatable bonds is 7. The van der Waals surface area contributed by atoms with Crippen molar-refractivity contribution in [1.82, 2.24) is 0 Å². The van der Waals surface area contributed by atoms with Crippen LogP contribution in [0, 0.1) is 12.7 Å². The van der Waals surface area contributed by atoms with E-state index in [-0.39, 0.29) is 17.9 Å². The van der Waals surface area contributed by atoms with Crippen LogP contribution in [-0.2, 0) is 25.8 Å². The molecular weight excluding hydrogens is 351 g/mol. The van der Waals surface area contributed by atoms with E-state index in [9.17, 15) is 9.18 Å². The van der Waals surface area contributed by atoms with Crippen LogP contribution in [0.1, 0.15) is 29.2 Å². The standard InChI is InChI=1S/C20H21FN2O4/c1-13-7-5-8-15(11-13)14(2)22-27-12-16-9-6-10-17(21)18(16)19(23-26-4)20(24)25-3/h5-11H,12H2,1-4H3. The van der Waals surface area contributed by atoms with Crippen LogP contribution in [0.2, 0.25) is 0 Å². The minimum Gasteiger partial charge on any atom is -0.464 e. The monoisotopic (exact) mass is 372 g/mol. The molecule has 0 unspecified atom stereocenters. The maximum atomic E-state index is 14.4. The average molecular weight is 372 g/mol. The zero-order valence-electron chi connectivity index (χ0n) is 15.7. The molecular formula is C20H21FN2O4. The van der Waals surface area contributed by atoms with Gasteiger partial charge in [0.15, 0.2) is 5.71 Å². The number of ether oxygens (including phenoxy) is 1. The summed E-state index contributed by atoms with van der Waals surface area (Å²) in [6, 6.07) is 12.2. The predicted molar refractivity (Wildman–Crippen MR) is 100 cm³/mol. The van der Waals surface area contributed by atoms with Gasteiger partial charge in [-0.2, -0.15) is 0 Å². The highest BCUT2D eigenvalue weighted by Crippen LogP contribution is 2.18. The fourth-order valence-electron chi connectivity index (χ4n) is 2.45. The molecule has 0 N–H and O–H groups in total. The largest absolute Gasteiger partial charge is 0.464 e. The molecule has 0 bridgehead atoms. The number of nitrogens with zero attached hydrogens (tertiary/aromatic N) is 2. The van der Waals surface area contributed by atoms with E-state index in [1.54, 1.807) is 6.07 Å². The number of benzene rings is 2. The molecule has 0 spiro atoms. The van der Waals surface area contributed by atoms with Gasteiger partial charge in [-0.25, -0.2) is 9.18 Å². The molecule has 0 atom stereocenters. The Morgan fingerprint density at radius 1 is 1.11 bits per heavy atom. The molecule has 0 saturated carbocycles. The Kier molecular flexibility index (Phi) is 7.05. The van der Waals surface area contributed by atoms with Gasteiger partial charge >= 0.3 is 5.97 Å². The maximum Gasteiger partial charge on any atom is 0.360 e. The Hall–Kier alpha value is -3.22. The third kappa shape index (κ3) is 5.13. The number of hydrogen-bond donors (Lipinski definition) is 0. The minimum atomic E-state index is -0.817. The van der Waals surface area contributed by atoms with Gasteiger partial charge in [0.05, 0.1) is 18.4 Å². The second-order valence-electron chi connectivity index (χ2n) is 5.71. The normalized spacial score (nSPS) is 11.9. The van der Waals surface area contributed by atoms with Crippen molar-refractivity contribution in [2.75, 3.05) is 14.2 Å². The zero-order valence-corrected chi connectivity index (χ0v) is 15.7. The summed E-state index contributed by atoms with van der Waals surface area (Å²) in [5.41, 5.74) is 2.76. The summed E-state index contributed by atoms with van der Waals surface area (Å²) in [6.07, 6.45) is 0. The molecule has 2 aromatic rings. The van der Waals surface area contributed by atoms with Gasteiger partial charge in [0.25, 0.3) is 0 Å². The van der Waals surface area contributed by atoms with Gasteiger partial charge in [0.2, 0.25) is 0 Å². The van der Waals surface area contributed by atoms with Crippen LogP contribution in [0.5, 0.6) is 0 Å². The highest BCUT2D eigenvalue weighted by molar-refractivity contribution is 6.43. The molecule has 0 amide bonds. The van der Waals surface area contributed by atoms with E-state index >= 15 is 0 Å². The third-order valence-electron chi connectivity index (χ3n) is 3.76. The lowest BCUT2D eigenvalue weighted by molar-refractivity contribution is -0.132. The summed E-state index contributed by atoms with van der Waals surface area (Å²) >= 11 is 0. The lowest BCUT2D eigenvalue weighted by Crippen LogP contribution is -2.21. The van der Waals surface area contributed by atoms with Crippen LogP contribution in [0.25, 0.3) is 0 Å². The van der Waals surface area contributed by atoms with Crippen LogP contribution in [0.4, 0.5) is 4.39 Å². The lowest BCUT2D eigenvalue weighted by atomic mass is 10.0. The van der Waals surface area contributed by atoms with E-state index in [2.05, 4.69) is 19.9 Å². The first-order valence-corrected chi connectivity index (χ1v) is 8.18. The molecule has 2 aromatic carbocycles. The molecule has 7 heteroatoms. The molecule has 2 rings (SSSR count). The zero-order chi connectivity index (χ0) is 19.8. The Balaban J connectivity index is 2.27. The first-order chi connectivity index (χ1) is 13.0. The summed E-state index contributed by atoms with van der Waals surface area (Å²) < 4.78 is 19.0. The van der Waals surface area contributed by atoms with Gasteiger partial charge < -0.3 is 14.4 Å². The number of methoxy groups -OCH3 is 1. The van der Waals surface area contributed by atoms with Gasteiger partial charge in [-0.05, 0) is 25.5 Å². The van der Waals surface area contributed by atoms with Crippen molar-refractivity contribution in [1.29, 1.82) is 0 Å². The number of carbonyl (C=O) groups is 1. The van der Waals surface area contributed by atoms with Gasteiger partial charge in [-0.1, -0.05) is 52.3 Å². The van der Waals surface area contributed by atoms with Crippen LogP contribution in [0.15, 0.2) is 52.8 Å². The van der Waals surface area contributed by atoms with Crippen LogP contribution in [0.3, 0.4) is 0 Å². The van der Waals surface area contributed by atoms with Crippen molar-refractivity contribution < 1.29 is 23.6 Å². The van der Waals surface area contributed by atoms with Crippen molar-refractivity contribution >= 4 is 17.4 Å². The van der Waals surface area contributed by atoms with Crippen LogP contribution >= 0.6 is 0 Å². The molecule has 0 aliphatic carbocycles. The predicted octanol–water partition coefficient (Wildman–Crippen LogP) is 3.60. The molecule has 0 heterocycles. The van der Waals surface area contributed by atoms with E-state index in [0.717, 1.165) is 11.1 Å². The number of hydrogen-bond acceptors (Lipinski definition) is 6. The molecule has 0 aliphatic rings. The first kappa shape index (κ1) is 20.1. The smallest absolute Gasteiger partial charge is 0.360 e. The molecule has 142 valence electrons.